The van der Waals surface area contributed by atoms with Crippen molar-refractivity contribution >= 4 is 11.9 Å². The summed E-state index contributed by atoms with van der Waals surface area (Å²) in [6.45, 7) is 4.48. The monoisotopic (exact) mass is 284 g/mol. The third-order valence-electron chi connectivity index (χ3n) is 2.82. The van der Waals surface area contributed by atoms with Crippen LogP contribution >= 0.6 is 0 Å². The molecule has 1 aromatic carbocycles. The largest absolute Gasteiger partial charge is 0.473 e. The molecule has 5 heteroatoms. The minimum Gasteiger partial charge on any atom is -0.473 e. The van der Waals surface area contributed by atoms with Crippen LogP contribution in [0.2, 0.25) is 0 Å². The number of hydrogen-bond donors (Lipinski definition) is 2. The van der Waals surface area contributed by atoms with Gasteiger partial charge in [0.1, 0.15) is 18.2 Å². The Hall–Kier alpha value is -2.40. The fourth-order valence-corrected chi connectivity index (χ4v) is 1.73. The summed E-state index contributed by atoms with van der Waals surface area (Å²) in [5.41, 5.74) is 3.66. The molecule has 0 aliphatic heterocycles. The zero-order chi connectivity index (χ0) is 15.1. The first-order valence-corrected chi connectivity index (χ1v) is 6.89. The van der Waals surface area contributed by atoms with Gasteiger partial charge in [-0.1, -0.05) is 50.3 Å². The van der Waals surface area contributed by atoms with E-state index < -0.39 is 0 Å². The molecule has 21 heavy (non-hydrogen) atoms. The third kappa shape index (κ3) is 4.57. The standard InChI is InChI=1S/C16H20N4O/c1-12(2)16-18-14(20-17)11-15(19-16)21-10-6-9-13-7-4-3-5-8-13/h3-9,11-12H,10,17H2,1-2H3,(H,18,19,20)/b9-6+. The average Bonchev–Trinajstić information content (AvgIpc) is 2.52. The van der Waals surface area contributed by atoms with Gasteiger partial charge < -0.3 is 10.2 Å². The maximum Gasteiger partial charge on any atom is 0.219 e. The minimum atomic E-state index is 0.209. The summed E-state index contributed by atoms with van der Waals surface area (Å²) < 4.78 is 5.63. The quantitative estimate of drug-likeness (QED) is 0.630. The van der Waals surface area contributed by atoms with Crippen LogP contribution in [-0.2, 0) is 0 Å². The van der Waals surface area contributed by atoms with Gasteiger partial charge in [-0.05, 0) is 11.6 Å². The molecule has 1 aromatic heterocycles. The average molecular weight is 284 g/mol. The van der Waals surface area contributed by atoms with Crippen molar-refractivity contribution in [3.63, 3.8) is 0 Å². The van der Waals surface area contributed by atoms with Gasteiger partial charge >= 0.3 is 0 Å². The summed E-state index contributed by atoms with van der Waals surface area (Å²) in [5, 5.41) is 0. The number of aromatic nitrogens is 2. The molecule has 0 aliphatic rings. The Morgan fingerprint density at radius 1 is 1.24 bits per heavy atom. The third-order valence-corrected chi connectivity index (χ3v) is 2.82. The van der Waals surface area contributed by atoms with Crippen LogP contribution in [0, 0.1) is 0 Å². The van der Waals surface area contributed by atoms with Gasteiger partial charge in [0.25, 0.3) is 0 Å². The first-order chi connectivity index (χ1) is 10.2. The Balaban J connectivity index is 1.99. The van der Waals surface area contributed by atoms with Crippen molar-refractivity contribution in [1.29, 1.82) is 0 Å². The maximum absolute atomic E-state index is 5.63. The second-order valence-corrected chi connectivity index (χ2v) is 4.87. The summed E-state index contributed by atoms with van der Waals surface area (Å²) >= 11 is 0. The Bertz CT molecular complexity index is 596. The molecule has 0 amide bonds. The second-order valence-electron chi connectivity index (χ2n) is 4.87. The van der Waals surface area contributed by atoms with Gasteiger partial charge in [-0.3, -0.25) is 0 Å². The van der Waals surface area contributed by atoms with Crippen molar-refractivity contribution < 1.29 is 4.74 Å². The van der Waals surface area contributed by atoms with E-state index in [4.69, 9.17) is 10.6 Å². The fourth-order valence-electron chi connectivity index (χ4n) is 1.73. The lowest BCUT2D eigenvalue weighted by Gasteiger charge is -2.09. The molecule has 2 aromatic rings. The number of nitrogens with two attached hydrogens (primary N) is 1. The number of nitrogen functional groups attached to an aromatic ring is 1. The van der Waals surface area contributed by atoms with Crippen molar-refractivity contribution in [3.8, 4) is 5.88 Å². The topological polar surface area (TPSA) is 73.1 Å². The van der Waals surface area contributed by atoms with Crippen molar-refractivity contribution in [3.05, 3.63) is 53.9 Å². The predicted octanol–water partition coefficient (Wildman–Crippen LogP) is 2.98. The molecule has 0 saturated carbocycles. The van der Waals surface area contributed by atoms with Crippen molar-refractivity contribution in [2.24, 2.45) is 5.84 Å². The van der Waals surface area contributed by atoms with Gasteiger partial charge in [0.05, 0.1) is 0 Å². The molecular weight excluding hydrogens is 264 g/mol. The zero-order valence-corrected chi connectivity index (χ0v) is 12.3. The van der Waals surface area contributed by atoms with Crippen LogP contribution in [0.5, 0.6) is 5.88 Å². The summed E-state index contributed by atoms with van der Waals surface area (Å²) in [7, 11) is 0. The Kier molecular flexibility index (Phi) is 5.29. The zero-order valence-electron chi connectivity index (χ0n) is 12.3. The Morgan fingerprint density at radius 3 is 2.67 bits per heavy atom. The number of rotatable bonds is 6. The predicted molar refractivity (Wildman–Crippen MR) is 84.9 cm³/mol. The fraction of sp³-hybridized carbons (Fsp3) is 0.250. The van der Waals surface area contributed by atoms with E-state index in [-0.39, 0.29) is 5.92 Å². The number of ether oxygens (including phenoxy) is 1. The minimum absolute atomic E-state index is 0.209. The summed E-state index contributed by atoms with van der Waals surface area (Å²) in [6.07, 6.45) is 3.95. The number of nitrogens with zero attached hydrogens (tertiary/aromatic N) is 2. The highest BCUT2D eigenvalue weighted by molar-refractivity contribution is 5.48. The van der Waals surface area contributed by atoms with E-state index in [1.54, 1.807) is 6.07 Å². The lowest BCUT2D eigenvalue weighted by atomic mass is 10.2. The molecule has 3 N–H and O–H groups in total. The smallest absolute Gasteiger partial charge is 0.219 e. The van der Waals surface area contributed by atoms with Gasteiger partial charge in [-0.25, -0.2) is 10.8 Å². The molecular formula is C16H20N4O. The number of hydrogen-bond acceptors (Lipinski definition) is 5. The molecule has 0 unspecified atom stereocenters. The molecule has 110 valence electrons. The highest BCUT2D eigenvalue weighted by Gasteiger charge is 2.07. The van der Waals surface area contributed by atoms with Crippen LogP contribution in [0.3, 0.4) is 0 Å². The normalized spacial score (nSPS) is 11.0. The lowest BCUT2D eigenvalue weighted by Crippen LogP contribution is -2.12. The molecule has 5 nitrogen and oxygen atoms in total. The first-order valence-electron chi connectivity index (χ1n) is 6.89. The van der Waals surface area contributed by atoms with E-state index in [9.17, 15) is 0 Å². The van der Waals surface area contributed by atoms with Crippen LogP contribution in [-0.4, -0.2) is 16.6 Å². The Morgan fingerprint density at radius 2 is 2.00 bits per heavy atom. The molecule has 0 radical (unpaired) electrons. The van der Waals surface area contributed by atoms with Gasteiger partial charge in [-0.15, -0.1) is 0 Å². The highest BCUT2D eigenvalue weighted by atomic mass is 16.5. The van der Waals surface area contributed by atoms with E-state index in [0.29, 0.717) is 24.1 Å². The molecule has 0 spiro atoms. The van der Waals surface area contributed by atoms with E-state index in [1.807, 2.05) is 56.3 Å². The Labute approximate surface area is 124 Å². The van der Waals surface area contributed by atoms with Crippen molar-refractivity contribution in [1.82, 2.24) is 9.97 Å². The summed E-state index contributed by atoms with van der Waals surface area (Å²) in [4.78, 5) is 8.64. The molecule has 1 heterocycles. The lowest BCUT2D eigenvalue weighted by molar-refractivity contribution is 0.346. The van der Waals surface area contributed by atoms with E-state index in [2.05, 4.69) is 15.4 Å². The van der Waals surface area contributed by atoms with E-state index in [1.165, 1.54) is 0 Å². The van der Waals surface area contributed by atoms with Crippen LogP contribution in [0.25, 0.3) is 6.08 Å². The van der Waals surface area contributed by atoms with Gasteiger partial charge in [0.15, 0.2) is 0 Å². The maximum atomic E-state index is 5.63. The number of hydrazine groups is 1. The van der Waals surface area contributed by atoms with Crippen LogP contribution in [0.1, 0.15) is 31.2 Å². The number of nitrogens with one attached hydrogen (secondary N) is 1. The van der Waals surface area contributed by atoms with Crippen LogP contribution in [0.15, 0.2) is 42.5 Å². The first kappa shape index (κ1) is 15.0. The van der Waals surface area contributed by atoms with Gasteiger partial charge in [-0.2, -0.15) is 4.98 Å². The van der Waals surface area contributed by atoms with E-state index in [0.717, 1.165) is 5.56 Å². The molecule has 0 aliphatic carbocycles. The summed E-state index contributed by atoms with van der Waals surface area (Å²) in [6, 6.07) is 11.7. The van der Waals surface area contributed by atoms with Crippen LogP contribution < -0.4 is 16.0 Å². The summed E-state index contributed by atoms with van der Waals surface area (Å²) in [5.74, 6) is 7.38. The molecule has 0 bridgehead atoms. The number of benzene rings is 1. The van der Waals surface area contributed by atoms with Crippen molar-refractivity contribution in [2.75, 3.05) is 12.0 Å². The molecule has 0 fully saturated rings. The molecule has 0 atom stereocenters. The highest BCUT2D eigenvalue weighted by Crippen LogP contribution is 2.17. The van der Waals surface area contributed by atoms with Gasteiger partial charge in [0, 0.05) is 12.0 Å². The SMILES string of the molecule is CC(C)c1nc(NN)cc(OC/C=C/c2ccccc2)n1. The van der Waals surface area contributed by atoms with E-state index >= 15 is 0 Å². The molecule has 0 saturated heterocycles. The number of anilines is 1. The van der Waals surface area contributed by atoms with Crippen LogP contribution in [0.4, 0.5) is 5.82 Å². The van der Waals surface area contributed by atoms with Gasteiger partial charge in [0.2, 0.25) is 5.88 Å². The second kappa shape index (κ2) is 7.40. The van der Waals surface area contributed by atoms with Crippen molar-refractivity contribution in [2.45, 2.75) is 19.8 Å². The molecule has 2 rings (SSSR count).